The lowest BCUT2D eigenvalue weighted by atomic mass is 9.64. The van der Waals surface area contributed by atoms with E-state index >= 15 is 0 Å². The number of para-hydroxylation sites is 1. The second-order valence-corrected chi connectivity index (χ2v) is 15.1. The van der Waals surface area contributed by atoms with Crippen LogP contribution in [0.2, 0.25) is 0 Å². The third kappa shape index (κ3) is 4.60. The van der Waals surface area contributed by atoms with Gasteiger partial charge in [-0.1, -0.05) is 168 Å². The van der Waals surface area contributed by atoms with Crippen LogP contribution >= 0.6 is 15.9 Å². The van der Waals surface area contributed by atoms with Crippen molar-refractivity contribution >= 4 is 49.0 Å². The molecule has 2 aliphatic rings. The minimum Gasteiger partial charge on any atom is -0.313 e. The summed E-state index contributed by atoms with van der Waals surface area (Å²) in [6.45, 7) is 2.42. The number of halogens is 1. The Hall–Kier alpha value is -5.70. The monoisotopic (exact) mass is 729 g/mol. The first-order valence-electron chi connectivity index (χ1n) is 18.2. The summed E-state index contributed by atoms with van der Waals surface area (Å²) in [6.07, 6.45) is 3.49. The van der Waals surface area contributed by atoms with Crippen molar-refractivity contribution < 1.29 is 0 Å². The predicted molar refractivity (Wildman–Crippen MR) is 222 cm³/mol. The highest BCUT2D eigenvalue weighted by molar-refractivity contribution is 9.10. The molecule has 0 fully saturated rings. The van der Waals surface area contributed by atoms with E-state index in [-0.39, 0.29) is 5.41 Å². The molecule has 1 heterocycles. The maximum absolute atomic E-state index is 3.76. The van der Waals surface area contributed by atoms with Crippen molar-refractivity contribution in [1.82, 2.24) is 4.57 Å². The molecule has 0 saturated heterocycles. The summed E-state index contributed by atoms with van der Waals surface area (Å²) in [6, 6.07) is 64.7. The molecule has 0 saturated carbocycles. The van der Waals surface area contributed by atoms with E-state index in [1.807, 2.05) is 0 Å². The van der Waals surface area contributed by atoms with E-state index in [0.717, 1.165) is 10.9 Å². The third-order valence-corrected chi connectivity index (χ3v) is 12.1. The Morgan fingerprint density at radius 2 is 1.15 bits per heavy atom. The van der Waals surface area contributed by atoms with Crippen molar-refractivity contribution in [3.8, 4) is 22.3 Å². The predicted octanol–water partition coefficient (Wildman–Crippen LogP) is 13.6. The van der Waals surface area contributed by atoms with Gasteiger partial charge in [-0.3, -0.25) is 0 Å². The molecule has 2 heteroatoms. The first kappa shape index (κ1) is 31.1. The van der Waals surface area contributed by atoms with Gasteiger partial charge < -0.3 is 4.57 Å². The minimum atomic E-state index is -0.343. The number of fused-ring (bicyclic) bond motifs is 5. The Bertz CT molecular complexity index is 2690. The third-order valence-electron chi connectivity index (χ3n) is 11.4. The quantitative estimate of drug-likeness (QED) is 0.166. The van der Waals surface area contributed by atoms with Crippen molar-refractivity contribution in [3.63, 3.8) is 0 Å². The van der Waals surface area contributed by atoms with Crippen molar-refractivity contribution in [3.05, 3.63) is 214 Å². The van der Waals surface area contributed by atoms with Crippen LogP contribution in [-0.2, 0) is 5.41 Å². The fourth-order valence-electron chi connectivity index (χ4n) is 9.18. The summed E-state index contributed by atoms with van der Waals surface area (Å²) in [5.74, 6) is 0.291. The summed E-state index contributed by atoms with van der Waals surface area (Å²) in [5.41, 5.74) is 16.6. The molecule has 10 rings (SSSR count). The molecule has 1 aromatic heterocycles. The van der Waals surface area contributed by atoms with Gasteiger partial charge in [-0.15, -0.1) is 0 Å². The molecular formula is C50H36BrN. The van der Waals surface area contributed by atoms with Crippen LogP contribution in [-0.4, -0.2) is 4.57 Å². The van der Waals surface area contributed by atoms with Gasteiger partial charge in [0, 0.05) is 26.9 Å². The van der Waals surface area contributed by atoms with Crippen molar-refractivity contribution in [2.45, 2.75) is 18.8 Å². The second-order valence-electron chi connectivity index (χ2n) is 14.2. The van der Waals surface area contributed by atoms with E-state index in [4.69, 9.17) is 0 Å². The van der Waals surface area contributed by atoms with Gasteiger partial charge in [-0.05, 0) is 98.5 Å². The first-order valence-corrected chi connectivity index (χ1v) is 19.0. The molecule has 7 aromatic carbocycles. The topological polar surface area (TPSA) is 4.93 Å². The number of rotatable bonds is 5. The zero-order valence-corrected chi connectivity index (χ0v) is 30.5. The average molecular weight is 731 g/mol. The standard InChI is InChI=1S/C50H36BrN/c1-33-29-45-42(40-22-8-11-24-44(40)50(45,37-17-4-2-5-18-37)38-19-6-3-7-20-38)32-49(33)52-47-26-13-10-23-41(47)43-31-35(27-28-48(43)52)34-15-14-16-36(30-34)39-21-9-12-25-46(39)51/h2-28,30-33H,29H2,1H3. The normalized spacial score (nSPS) is 16.2. The van der Waals surface area contributed by atoms with Crippen LogP contribution in [0.15, 0.2) is 192 Å². The second kappa shape index (κ2) is 12.2. The van der Waals surface area contributed by atoms with Gasteiger partial charge >= 0.3 is 0 Å². The van der Waals surface area contributed by atoms with E-state index in [0.29, 0.717) is 5.92 Å². The maximum Gasteiger partial charge on any atom is 0.0676 e. The number of allylic oxidation sites excluding steroid dienone is 4. The molecule has 0 N–H and O–H groups in total. The Morgan fingerprint density at radius 1 is 0.538 bits per heavy atom. The summed E-state index contributed by atoms with van der Waals surface area (Å²) < 4.78 is 3.65. The summed E-state index contributed by atoms with van der Waals surface area (Å²) in [7, 11) is 0. The molecule has 2 aliphatic carbocycles. The van der Waals surface area contributed by atoms with Crippen LogP contribution in [0.1, 0.15) is 35.6 Å². The number of hydrogen-bond donors (Lipinski definition) is 0. The molecular weight excluding hydrogens is 694 g/mol. The lowest BCUT2D eigenvalue weighted by Gasteiger charge is -2.38. The zero-order chi connectivity index (χ0) is 34.8. The summed E-state index contributed by atoms with van der Waals surface area (Å²) in [4.78, 5) is 0. The lowest BCUT2D eigenvalue weighted by Crippen LogP contribution is -2.31. The lowest BCUT2D eigenvalue weighted by molar-refractivity contribution is 0.620. The van der Waals surface area contributed by atoms with Crippen LogP contribution in [0.4, 0.5) is 0 Å². The van der Waals surface area contributed by atoms with Gasteiger partial charge in [0.15, 0.2) is 0 Å². The number of benzene rings is 7. The van der Waals surface area contributed by atoms with E-state index in [1.165, 1.54) is 83.2 Å². The number of aromatic nitrogens is 1. The van der Waals surface area contributed by atoms with Crippen LogP contribution in [0.25, 0.3) is 55.3 Å². The fourth-order valence-corrected chi connectivity index (χ4v) is 9.69. The van der Waals surface area contributed by atoms with Gasteiger partial charge in [-0.25, -0.2) is 0 Å². The molecule has 8 aromatic rings. The van der Waals surface area contributed by atoms with Crippen LogP contribution in [0.5, 0.6) is 0 Å². The average Bonchev–Trinajstić information content (AvgIpc) is 3.68. The molecule has 248 valence electrons. The van der Waals surface area contributed by atoms with E-state index in [2.05, 4.69) is 209 Å². The molecule has 0 bridgehead atoms. The van der Waals surface area contributed by atoms with E-state index in [9.17, 15) is 0 Å². The van der Waals surface area contributed by atoms with Gasteiger partial charge in [0.05, 0.1) is 16.4 Å². The highest BCUT2D eigenvalue weighted by Crippen LogP contribution is 2.59. The van der Waals surface area contributed by atoms with Gasteiger partial charge in [-0.2, -0.15) is 0 Å². The van der Waals surface area contributed by atoms with E-state index < -0.39 is 0 Å². The Balaban J connectivity index is 1.18. The van der Waals surface area contributed by atoms with Gasteiger partial charge in [0.25, 0.3) is 0 Å². The van der Waals surface area contributed by atoms with Crippen LogP contribution in [0.3, 0.4) is 0 Å². The van der Waals surface area contributed by atoms with Crippen molar-refractivity contribution in [2.24, 2.45) is 5.92 Å². The minimum absolute atomic E-state index is 0.291. The van der Waals surface area contributed by atoms with Crippen LogP contribution in [0, 0.1) is 5.92 Å². The molecule has 0 radical (unpaired) electrons. The summed E-state index contributed by atoms with van der Waals surface area (Å²) >= 11 is 3.76. The molecule has 0 spiro atoms. The SMILES string of the molecule is CC1CC2=C(C=C1n1c3ccccc3c3cc(-c4cccc(-c5ccccc5Br)c4)ccc31)c1ccccc1C2(c1ccccc1)c1ccccc1. The molecule has 52 heavy (non-hydrogen) atoms. The van der Waals surface area contributed by atoms with Crippen molar-refractivity contribution in [2.75, 3.05) is 0 Å². The first-order chi connectivity index (χ1) is 25.6. The van der Waals surface area contributed by atoms with Crippen LogP contribution < -0.4 is 0 Å². The van der Waals surface area contributed by atoms with E-state index in [1.54, 1.807) is 0 Å². The maximum atomic E-state index is 3.76. The fraction of sp³-hybridized carbons (Fsp3) is 0.0800. The Morgan fingerprint density at radius 3 is 1.92 bits per heavy atom. The van der Waals surface area contributed by atoms with Gasteiger partial charge in [0.2, 0.25) is 0 Å². The smallest absolute Gasteiger partial charge is 0.0676 e. The Kier molecular flexibility index (Phi) is 7.30. The highest BCUT2D eigenvalue weighted by atomic mass is 79.9. The summed E-state index contributed by atoms with van der Waals surface area (Å²) in [5, 5.41) is 2.56. The highest BCUT2D eigenvalue weighted by Gasteiger charge is 2.48. The zero-order valence-electron chi connectivity index (χ0n) is 28.9. The number of hydrogen-bond acceptors (Lipinski definition) is 0. The number of nitrogens with zero attached hydrogens (tertiary/aromatic N) is 1. The molecule has 1 nitrogen and oxygen atoms in total. The van der Waals surface area contributed by atoms with Crippen molar-refractivity contribution in [1.29, 1.82) is 0 Å². The molecule has 0 aliphatic heterocycles. The molecule has 1 unspecified atom stereocenters. The molecule has 0 amide bonds. The largest absolute Gasteiger partial charge is 0.313 e. The van der Waals surface area contributed by atoms with Gasteiger partial charge in [0.1, 0.15) is 0 Å². The Labute approximate surface area is 313 Å². The molecule has 1 atom stereocenters.